The number of hydrogen-bond donors (Lipinski definition) is 0. The number of rotatable bonds is 7. The number of benzene rings is 2. The van der Waals surface area contributed by atoms with Crippen molar-refractivity contribution in [2.24, 2.45) is 5.92 Å². The van der Waals surface area contributed by atoms with E-state index < -0.39 is 29.8 Å². The molecule has 1 saturated carbocycles. The van der Waals surface area contributed by atoms with Crippen LogP contribution >= 0.6 is 11.6 Å². The fraction of sp³-hybridized carbons (Fsp3) is 0.323. The number of anilines is 2. The molecule has 10 heteroatoms. The van der Waals surface area contributed by atoms with Crippen molar-refractivity contribution >= 4 is 40.7 Å². The van der Waals surface area contributed by atoms with Crippen LogP contribution in [0, 0.1) is 17.2 Å². The minimum absolute atomic E-state index is 0.00884. The summed E-state index contributed by atoms with van der Waals surface area (Å²) < 4.78 is 26.9. The number of ketones is 1. The fourth-order valence-electron chi connectivity index (χ4n) is 6.36. The summed E-state index contributed by atoms with van der Waals surface area (Å²) in [6, 6.07) is 16.8. The number of carbonyl (C=O) groups excluding carboxylic acids is 3. The van der Waals surface area contributed by atoms with E-state index in [0.29, 0.717) is 11.3 Å². The summed E-state index contributed by atoms with van der Waals surface area (Å²) >= 11 is 6.59. The van der Waals surface area contributed by atoms with Gasteiger partial charge in [0.2, 0.25) is 11.8 Å². The Morgan fingerprint density at radius 1 is 1.12 bits per heavy atom. The van der Waals surface area contributed by atoms with Gasteiger partial charge in [0, 0.05) is 54.1 Å². The second kappa shape index (κ2) is 10.3. The average molecular weight is 575 g/mol. The number of aromatic nitrogens is 1. The largest absolute Gasteiger partial charge is 0.297 e. The van der Waals surface area contributed by atoms with Gasteiger partial charge in [-0.25, -0.2) is 13.8 Å². The molecule has 2 fully saturated rings. The quantitative estimate of drug-likeness (QED) is 0.346. The van der Waals surface area contributed by atoms with E-state index in [2.05, 4.69) is 4.98 Å². The SMILES string of the molecule is N#Cc1ccnc(N2C(=O)CC3c4ccccc4N([C@H](C(=O)CCC4CC(F)(F)C4)c4ccccc4Cl)C(=O)[C@H]32)c1. The highest BCUT2D eigenvalue weighted by atomic mass is 35.5. The third kappa shape index (κ3) is 4.76. The van der Waals surface area contributed by atoms with Crippen molar-refractivity contribution in [1.82, 2.24) is 4.98 Å². The van der Waals surface area contributed by atoms with E-state index in [1.165, 1.54) is 28.1 Å². The number of halogens is 3. The molecular weight excluding hydrogens is 550 g/mol. The molecule has 1 aromatic heterocycles. The summed E-state index contributed by atoms with van der Waals surface area (Å²) in [5.74, 6) is -4.39. The van der Waals surface area contributed by atoms with Crippen LogP contribution in [-0.2, 0) is 14.4 Å². The van der Waals surface area contributed by atoms with Gasteiger partial charge in [0.05, 0.1) is 11.6 Å². The van der Waals surface area contributed by atoms with Crippen LogP contribution in [0.15, 0.2) is 66.9 Å². The number of carbonyl (C=O) groups is 3. The highest BCUT2D eigenvalue weighted by Crippen LogP contribution is 2.49. The predicted molar refractivity (Wildman–Crippen MR) is 148 cm³/mol. The summed E-state index contributed by atoms with van der Waals surface area (Å²) in [7, 11) is 0. The molecule has 0 spiro atoms. The Morgan fingerprint density at radius 2 is 1.85 bits per heavy atom. The molecule has 2 aromatic carbocycles. The number of pyridine rings is 1. The lowest BCUT2D eigenvalue weighted by molar-refractivity contribution is -0.129. The van der Waals surface area contributed by atoms with Crippen LogP contribution in [0.5, 0.6) is 0 Å². The van der Waals surface area contributed by atoms with Gasteiger partial charge in [-0.1, -0.05) is 48.0 Å². The van der Waals surface area contributed by atoms with Crippen molar-refractivity contribution in [1.29, 1.82) is 5.26 Å². The molecule has 1 saturated heterocycles. The molecule has 1 unspecified atom stereocenters. The third-order valence-corrected chi connectivity index (χ3v) is 8.61. The maximum absolute atomic E-state index is 14.5. The maximum atomic E-state index is 14.5. The molecule has 0 radical (unpaired) electrons. The monoisotopic (exact) mass is 574 g/mol. The van der Waals surface area contributed by atoms with Gasteiger partial charge in [0.15, 0.2) is 5.78 Å². The van der Waals surface area contributed by atoms with E-state index in [4.69, 9.17) is 11.6 Å². The first-order valence-corrected chi connectivity index (χ1v) is 13.8. The van der Waals surface area contributed by atoms with Gasteiger partial charge < -0.3 is 0 Å². The van der Waals surface area contributed by atoms with E-state index in [1.54, 1.807) is 36.4 Å². The first-order valence-electron chi connectivity index (χ1n) is 13.4. The van der Waals surface area contributed by atoms with Crippen LogP contribution in [0.2, 0.25) is 5.02 Å². The molecule has 3 heterocycles. The zero-order valence-corrected chi connectivity index (χ0v) is 22.6. The number of Topliss-reactive ketones (excluding diaryl/α,β-unsaturated/α-hetero) is 1. The molecule has 3 aliphatic rings. The Bertz CT molecular complexity index is 1600. The van der Waals surface area contributed by atoms with Crippen molar-refractivity contribution in [3.05, 3.63) is 88.6 Å². The van der Waals surface area contributed by atoms with Gasteiger partial charge in [-0.2, -0.15) is 5.26 Å². The topological polar surface area (TPSA) is 94.4 Å². The van der Waals surface area contributed by atoms with Crippen molar-refractivity contribution in [3.8, 4) is 6.07 Å². The Morgan fingerprint density at radius 3 is 2.59 bits per heavy atom. The third-order valence-electron chi connectivity index (χ3n) is 8.27. The molecule has 2 amide bonds. The van der Waals surface area contributed by atoms with Crippen LogP contribution in [0.4, 0.5) is 20.3 Å². The molecule has 41 heavy (non-hydrogen) atoms. The molecule has 3 aromatic rings. The van der Waals surface area contributed by atoms with E-state index in [1.807, 2.05) is 18.2 Å². The van der Waals surface area contributed by atoms with Crippen LogP contribution < -0.4 is 9.80 Å². The van der Waals surface area contributed by atoms with Crippen LogP contribution in [0.25, 0.3) is 0 Å². The van der Waals surface area contributed by atoms with Crippen molar-refractivity contribution in [3.63, 3.8) is 0 Å². The smallest absolute Gasteiger partial charge is 0.251 e. The summed E-state index contributed by atoms with van der Waals surface area (Å²) in [4.78, 5) is 48.9. The molecule has 3 atom stereocenters. The van der Waals surface area contributed by atoms with Gasteiger partial charge in [-0.3, -0.25) is 24.2 Å². The Kier molecular flexibility index (Phi) is 6.82. The fourth-order valence-corrected chi connectivity index (χ4v) is 6.60. The van der Waals surface area contributed by atoms with Crippen LogP contribution in [0.1, 0.15) is 60.8 Å². The van der Waals surface area contributed by atoms with Crippen molar-refractivity contribution < 1.29 is 23.2 Å². The maximum Gasteiger partial charge on any atom is 0.251 e. The Balaban J connectivity index is 1.43. The molecule has 1 aliphatic carbocycles. The van der Waals surface area contributed by atoms with Gasteiger partial charge in [-0.05, 0) is 42.2 Å². The number of hydrogen-bond acceptors (Lipinski definition) is 5. The molecule has 2 aliphatic heterocycles. The standard InChI is InChI=1S/C31H25ClF2N4O3/c32-23-7-3-1-6-21(23)28(25(39)10-9-19-15-31(33,34)16-19)37-24-8-4-2-5-20(24)22-14-27(40)38(29(22)30(37)41)26-13-18(17-35)11-12-36-26/h1-8,11-13,19,22,28-29H,9-10,14-16H2/t22?,28-,29-/m0/s1. The lowest BCUT2D eigenvalue weighted by Gasteiger charge is -2.42. The van der Waals surface area contributed by atoms with Crippen molar-refractivity contribution in [2.45, 2.75) is 56.0 Å². The Hall–Kier alpha value is -4.16. The lowest BCUT2D eigenvalue weighted by atomic mass is 9.77. The van der Waals surface area contributed by atoms with E-state index in [0.717, 1.165) is 5.56 Å². The first kappa shape index (κ1) is 27.0. The number of nitriles is 1. The zero-order valence-electron chi connectivity index (χ0n) is 21.8. The summed E-state index contributed by atoms with van der Waals surface area (Å²) in [6.07, 6.45) is 1.23. The molecular formula is C31H25ClF2N4O3. The van der Waals surface area contributed by atoms with E-state index in [-0.39, 0.29) is 66.1 Å². The van der Waals surface area contributed by atoms with Gasteiger partial charge in [0.25, 0.3) is 5.91 Å². The van der Waals surface area contributed by atoms with Gasteiger partial charge in [0.1, 0.15) is 17.9 Å². The second-order valence-corrected chi connectivity index (χ2v) is 11.3. The average Bonchev–Trinajstić information content (AvgIpc) is 3.30. The molecule has 6 rings (SSSR count). The molecule has 208 valence electrons. The highest BCUT2D eigenvalue weighted by molar-refractivity contribution is 6.32. The van der Waals surface area contributed by atoms with Crippen LogP contribution in [-0.4, -0.2) is 34.5 Å². The predicted octanol–water partition coefficient (Wildman–Crippen LogP) is 5.98. The minimum Gasteiger partial charge on any atom is -0.297 e. The number of fused-ring (bicyclic) bond motifs is 3. The van der Waals surface area contributed by atoms with E-state index in [9.17, 15) is 28.4 Å². The summed E-state index contributed by atoms with van der Waals surface area (Å²) in [5, 5.41) is 9.69. The van der Waals surface area contributed by atoms with Gasteiger partial charge >= 0.3 is 0 Å². The van der Waals surface area contributed by atoms with E-state index >= 15 is 0 Å². The number of amides is 2. The van der Waals surface area contributed by atoms with Crippen molar-refractivity contribution in [2.75, 3.05) is 9.80 Å². The number of alkyl halides is 2. The molecule has 7 nitrogen and oxygen atoms in total. The normalized spacial score (nSPS) is 22.0. The highest BCUT2D eigenvalue weighted by Gasteiger charge is 2.54. The minimum atomic E-state index is -2.69. The van der Waals surface area contributed by atoms with Gasteiger partial charge in [-0.15, -0.1) is 0 Å². The second-order valence-electron chi connectivity index (χ2n) is 10.9. The van der Waals surface area contributed by atoms with Crippen LogP contribution in [0.3, 0.4) is 0 Å². The zero-order chi connectivity index (χ0) is 28.9. The lowest BCUT2D eigenvalue weighted by Crippen LogP contribution is -2.54. The first-order chi connectivity index (χ1) is 19.7. The Labute approximate surface area is 240 Å². The number of para-hydroxylation sites is 1. The summed E-state index contributed by atoms with van der Waals surface area (Å²) in [5.41, 5.74) is 1.94. The summed E-state index contributed by atoms with van der Waals surface area (Å²) in [6.45, 7) is 0. The molecule has 0 N–H and O–H groups in total. The molecule has 0 bridgehead atoms. The number of nitrogens with zero attached hydrogens (tertiary/aromatic N) is 4.